The third-order valence-corrected chi connectivity index (χ3v) is 4.12. The van der Waals surface area contributed by atoms with Crippen LogP contribution >= 0.6 is 34.8 Å². The first kappa shape index (κ1) is 19.8. The molecule has 0 aliphatic rings. The minimum atomic E-state index is -1.06. The maximum Gasteiger partial charge on any atom is 0.331 e. The zero-order valence-corrected chi connectivity index (χ0v) is 15.3. The fourth-order valence-corrected chi connectivity index (χ4v) is 2.88. The summed E-state index contributed by atoms with van der Waals surface area (Å²) in [5, 5.41) is 12.4. The first-order valence-corrected chi connectivity index (χ1v) is 8.24. The van der Waals surface area contributed by atoms with Crippen LogP contribution in [0.4, 0.5) is 5.69 Å². The highest BCUT2D eigenvalue weighted by Crippen LogP contribution is 2.39. The number of benzene rings is 1. The SMILES string of the molecule is CCCC(=O)Nc1c(Cl)cc(Cl)c(C=C(C(=O)O)C(C)C)c1Cl. The molecule has 0 bridgehead atoms. The van der Waals surface area contributed by atoms with Crippen molar-refractivity contribution >= 4 is 58.4 Å². The molecule has 7 heteroatoms. The summed E-state index contributed by atoms with van der Waals surface area (Å²) >= 11 is 18.5. The fourth-order valence-electron chi connectivity index (χ4n) is 1.91. The van der Waals surface area contributed by atoms with E-state index in [1.54, 1.807) is 13.8 Å². The average molecular weight is 379 g/mol. The normalized spacial score (nSPS) is 11.7. The molecule has 0 spiro atoms. The molecule has 1 aromatic rings. The smallest absolute Gasteiger partial charge is 0.331 e. The minimum Gasteiger partial charge on any atom is -0.478 e. The van der Waals surface area contributed by atoms with E-state index in [0.717, 1.165) is 0 Å². The molecule has 0 saturated carbocycles. The van der Waals surface area contributed by atoms with E-state index >= 15 is 0 Å². The van der Waals surface area contributed by atoms with Crippen LogP contribution < -0.4 is 5.32 Å². The van der Waals surface area contributed by atoms with E-state index in [9.17, 15) is 14.7 Å². The van der Waals surface area contributed by atoms with E-state index in [0.29, 0.717) is 18.4 Å². The van der Waals surface area contributed by atoms with Crippen LogP contribution in [0.2, 0.25) is 15.1 Å². The van der Waals surface area contributed by atoms with Gasteiger partial charge < -0.3 is 10.4 Å². The molecule has 1 aromatic carbocycles. The molecular formula is C16H18Cl3NO3. The van der Waals surface area contributed by atoms with Crippen LogP contribution in [0.15, 0.2) is 11.6 Å². The van der Waals surface area contributed by atoms with Gasteiger partial charge in [0.25, 0.3) is 0 Å². The number of hydrogen-bond donors (Lipinski definition) is 2. The largest absolute Gasteiger partial charge is 0.478 e. The summed E-state index contributed by atoms with van der Waals surface area (Å²) in [5.41, 5.74) is 0.702. The zero-order chi connectivity index (χ0) is 17.7. The Kier molecular flexibility index (Phi) is 7.39. The third kappa shape index (κ3) is 5.13. The van der Waals surface area contributed by atoms with E-state index in [-0.39, 0.29) is 38.2 Å². The highest BCUT2D eigenvalue weighted by Gasteiger charge is 2.19. The van der Waals surface area contributed by atoms with Crippen LogP contribution in [0, 0.1) is 5.92 Å². The van der Waals surface area contributed by atoms with Crippen molar-refractivity contribution in [3.05, 3.63) is 32.3 Å². The first-order valence-electron chi connectivity index (χ1n) is 7.11. The lowest BCUT2D eigenvalue weighted by atomic mass is 10.00. The van der Waals surface area contributed by atoms with Gasteiger partial charge in [0.1, 0.15) is 0 Å². The van der Waals surface area contributed by atoms with Crippen LogP contribution in [-0.2, 0) is 9.59 Å². The summed E-state index contributed by atoms with van der Waals surface area (Å²) in [5.74, 6) is -1.51. The van der Waals surface area contributed by atoms with Gasteiger partial charge in [-0.05, 0) is 24.5 Å². The Morgan fingerprint density at radius 2 is 1.87 bits per heavy atom. The Morgan fingerprint density at radius 3 is 2.35 bits per heavy atom. The molecule has 0 radical (unpaired) electrons. The van der Waals surface area contributed by atoms with Crippen LogP contribution in [0.3, 0.4) is 0 Å². The van der Waals surface area contributed by atoms with Crippen molar-refractivity contribution in [2.24, 2.45) is 5.92 Å². The van der Waals surface area contributed by atoms with Gasteiger partial charge in [-0.1, -0.05) is 55.6 Å². The monoisotopic (exact) mass is 377 g/mol. The number of carbonyl (C=O) groups is 2. The molecule has 1 rings (SSSR count). The Balaban J connectivity index is 3.42. The number of hydrogen-bond acceptors (Lipinski definition) is 2. The van der Waals surface area contributed by atoms with Crippen LogP contribution in [-0.4, -0.2) is 17.0 Å². The lowest BCUT2D eigenvalue weighted by Gasteiger charge is -2.14. The number of amides is 1. The molecule has 1 amide bonds. The molecule has 126 valence electrons. The second-order valence-electron chi connectivity index (χ2n) is 5.30. The van der Waals surface area contributed by atoms with Crippen molar-refractivity contribution in [1.29, 1.82) is 0 Å². The van der Waals surface area contributed by atoms with Gasteiger partial charge in [0.2, 0.25) is 5.91 Å². The Morgan fingerprint density at radius 1 is 1.26 bits per heavy atom. The van der Waals surface area contributed by atoms with Crippen molar-refractivity contribution in [3.8, 4) is 0 Å². The number of rotatable bonds is 6. The van der Waals surface area contributed by atoms with Gasteiger partial charge >= 0.3 is 5.97 Å². The lowest BCUT2D eigenvalue weighted by Crippen LogP contribution is -2.12. The predicted octanol–water partition coefficient (Wildman–Crippen LogP) is 5.51. The number of carboxylic acids is 1. The van der Waals surface area contributed by atoms with Crippen molar-refractivity contribution in [3.63, 3.8) is 0 Å². The summed E-state index contributed by atoms with van der Waals surface area (Å²) in [6.07, 6.45) is 2.41. The van der Waals surface area contributed by atoms with E-state index < -0.39 is 5.97 Å². The second-order valence-corrected chi connectivity index (χ2v) is 6.49. The molecule has 0 aliphatic heterocycles. The third-order valence-electron chi connectivity index (χ3n) is 3.12. The lowest BCUT2D eigenvalue weighted by molar-refractivity contribution is -0.133. The Hall–Kier alpha value is -1.23. The molecule has 23 heavy (non-hydrogen) atoms. The fraction of sp³-hybridized carbons (Fsp3) is 0.375. The molecule has 0 unspecified atom stereocenters. The Bertz CT molecular complexity index is 654. The van der Waals surface area contributed by atoms with Gasteiger partial charge in [-0.25, -0.2) is 4.79 Å². The molecule has 4 nitrogen and oxygen atoms in total. The summed E-state index contributed by atoms with van der Waals surface area (Å²) in [6, 6.07) is 1.43. The standard InChI is InChI=1S/C16H18Cl3NO3/c1-4-5-13(21)20-15-12(18)7-11(17)10(14(15)19)6-9(8(2)3)16(22)23/h6-8H,4-5H2,1-3H3,(H,20,21)(H,22,23). The van der Waals surface area contributed by atoms with Crippen LogP contribution in [0.1, 0.15) is 39.2 Å². The van der Waals surface area contributed by atoms with Crippen LogP contribution in [0.5, 0.6) is 0 Å². The highest BCUT2D eigenvalue weighted by atomic mass is 35.5. The van der Waals surface area contributed by atoms with Gasteiger partial charge in [-0.2, -0.15) is 0 Å². The number of halogens is 3. The summed E-state index contributed by atoms with van der Waals surface area (Å²) in [7, 11) is 0. The van der Waals surface area contributed by atoms with Crippen LogP contribution in [0.25, 0.3) is 6.08 Å². The average Bonchev–Trinajstić information content (AvgIpc) is 2.42. The summed E-state index contributed by atoms with van der Waals surface area (Å²) in [4.78, 5) is 23.1. The molecular weight excluding hydrogens is 361 g/mol. The van der Waals surface area contributed by atoms with Crippen molar-refractivity contribution in [2.45, 2.75) is 33.6 Å². The quantitative estimate of drug-likeness (QED) is 0.641. The van der Waals surface area contributed by atoms with Crippen molar-refractivity contribution < 1.29 is 14.7 Å². The molecule has 2 N–H and O–H groups in total. The molecule has 0 aromatic heterocycles. The van der Waals surface area contributed by atoms with Crippen molar-refractivity contribution in [2.75, 3.05) is 5.32 Å². The highest BCUT2D eigenvalue weighted by molar-refractivity contribution is 6.44. The van der Waals surface area contributed by atoms with Gasteiger partial charge in [0.05, 0.1) is 20.8 Å². The predicted molar refractivity (Wildman–Crippen MR) is 95.5 cm³/mol. The van der Waals surface area contributed by atoms with Crippen molar-refractivity contribution in [1.82, 2.24) is 0 Å². The van der Waals surface area contributed by atoms with Gasteiger partial charge in [-0.15, -0.1) is 0 Å². The van der Waals surface area contributed by atoms with E-state index in [2.05, 4.69) is 5.32 Å². The molecule has 0 heterocycles. The number of nitrogens with one attached hydrogen (secondary N) is 1. The number of carboxylic acid groups (broad SMARTS) is 1. The summed E-state index contributed by atoms with van der Waals surface area (Å²) in [6.45, 7) is 5.38. The van der Waals surface area contributed by atoms with E-state index in [1.165, 1.54) is 12.1 Å². The maximum absolute atomic E-state index is 11.8. The topological polar surface area (TPSA) is 66.4 Å². The summed E-state index contributed by atoms with van der Waals surface area (Å²) < 4.78 is 0. The zero-order valence-electron chi connectivity index (χ0n) is 13.0. The maximum atomic E-state index is 11.8. The number of anilines is 1. The molecule has 0 fully saturated rings. The number of carbonyl (C=O) groups excluding carboxylic acids is 1. The number of aliphatic carboxylic acids is 1. The Labute approximate surface area is 150 Å². The van der Waals surface area contributed by atoms with E-state index in [4.69, 9.17) is 34.8 Å². The van der Waals surface area contributed by atoms with Gasteiger partial charge in [-0.3, -0.25) is 4.79 Å². The molecule has 0 aliphatic carbocycles. The van der Waals surface area contributed by atoms with Gasteiger partial charge in [0.15, 0.2) is 0 Å². The van der Waals surface area contributed by atoms with Gasteiger partial charge in [0, 0.05) is 17.6 Å². The second kappa shape index (κ2) is 8.57. The molecule has 0 saturated heterocycles. The minimum absolute atomic E-state index is 0.117. The molecule has 0 atom stereocenters. The first-order chi connectivity index (χ1) is 10.7. The van der Waals surface area contributed by atoms with E-state index in [1.807, 2.05) is 6.92 Å².